The fraction of sp³-hybridized carbons (Fsp3) is 0.458. The molecule has 1 aliphatic rings. The zero-order valence-corrected chi connectivity index (χ0v) is 17.4. The first-order chi connectivity index (χ1) is 13.5. The number of hydrogen-bond acceptors (Lipinski definition) is 3. The predicted octanol–water partition coefficient (Wildman–Crippen LogP) is 4.38. The number of hydrogen-bond donors (Lipinski definition) is 1. The van der Waals surface area contributed by atoms with Crippen LogP contribution in [-0.2, 0) is 17.9 Å². The standard InChI is InChI=1S/C24H33N3O/c1-4-24(2,3)23(28)25-22-12-10-21(11-13-22)19-27-16-14-26(15-17-27)18-20-8-6-5-7-9-20/h5-13H,4,14-19H2,1-3H3,(H,25,28). The highest BCUT2D eigenvalue weighted by Crippen LogP contribution is 2.22. The van der Waals surface area contributed by atoms with Gasteiger partial charge in [-0.3, -0.25) is 14.6 Å². The van der Waals surface area contributed by atoms with Gasteiger partial charge in [0.05, 0.1) is 0 Å². The Bertz CT molecular complexity index is 747. The lowest BCUT2D eigenvalue weighted by molar-refractivity contribution is -0.124. The molecule has 3 rings (SSSR count). The third kappa shape index (κ3) is 5.66. The van der Waals surface area contributed by atoms with Gasteiger partial charge >= 0.3 is 0 Å². The van der Waals surface area contributed by atoms with Gasteiger partial charge in [-0.1, -0.05) is 63.2 Å². The van der Waals surface area contributed by atoms with Crippen LogP contribution in [-0.4, -0.2) is 41.9 Å². The molecule has 0 aliphatic carbocycles. The lowest BCUT2D eigenvalue weighted by atomic mass is 9.89. The summed E-state index contributed by atoms with van der Waals surface area (Å²) >= 11 is 0. The van der Waals surface area contributed by atoms with Crippen LogP contribution in [0.2, 0.25) is 0 Å². The molecule has 0 saturated carbocycles. The summed E-state index contributed by atoms with van der Waals surface area (Å²) in [5.74, 6) is 0.0808. The monoisotopic (exact) mass is 379 g/mol. The summed E-state index contributed by atoms with van der Waals surface area (Å²) in [5.41, 5.74) is 3.23. The molecule has 0 bridgehead atoms. The highest BCUT2D eigenvalue weighted by Gasteiger charge is 2.25. The molecule has 0 radical (unpaired) electrons. The number of anilines is 1. The first-order valence-electron chi connectivity index (χ1n) is 10.4. The van der Waals surface area contributed by atoms with Crippen molar-refractivity contribution in [2.24, 2.45) is 5.41 Å². The van der Waals surface area contributed by atoms with Crippen molar-refractivity contribution in [1.29, 1.82) is 0 Å². The summed E-state index contributed by atoms with van der Waals surface area (Å²) in [6.45, 7) is 12.4. The Labute approximate surface area is 169 Å². The molecule has 1 aliphatic heterocycles. The molecule has 1 saturated heterocycles. The van der Waals surface area contributed by atoms with E-state index in [9.17, 15) is 4.79 Å². The molecule has 0 spiro atoms. The summed E-state index contributed by atoms with van der Waals surface area (Å²) in [5, 5.41) is 3.03. The van der Waals surface area contributed by atoms with Crippen molar-refractivity contribution < 1.29 is 4.79 Å². The van der Waals surface area contributed by atoms with E-state index in [1.807, 2.05) is 32.9 Å². The zero-order chi connectivity index (χ0) is 20.0. The summed E-state index contributed by atoms with van der Waals surface area (Å²) < 4.78 is 0. The summed E-state index contributed by atoms with van der Waals surface area (Å²) in [4.78, 5) is 17.3. The topological polar surface area (TPSA) is 35.6 Å². The molecule has 4 nitrogen and oxygen atoms in total. The van der Waals surface area contributed by atoms with Crippen LogP contribution in [0.4, 0.5) is 5.69 Å². The van der Waals surface area contributed by atoms with E-state index >= 15 is 0 Å². The zero-order valence-electron chi connectivity index (χ0n) is 17.4. The SMILES string of the molecule is CCC(C)(C)C(=O)Nc1ccc(CN2CCN(Cc3ccccc3)CC2)cc1. The molecule has 1 amide bonds. The first-order valence-corrected chi connectivity index (χ1v) is 10.4. The Morgan fingerprint density at radius 2 is 1.36 bits per heavy atom. The van der Waals surface area contributed by atoms with E-state index in [0.717, 1.165) is 51.4 Å². The van der Waals surface area contributed by atoms with Crippen molar-refractivity contribution in [3.05, 3.63) is 65.7 Å². The molecule has 0 unspecified atom stereocenters. The quantitative estimate of drug-likeness (QED) is 0.775. The van der Waals surface area contributed by atoms with Crippen LogP contribution in [0.15, 0.2) is 54.6 Å². The van der Waals surface area contributed by atoms with Crippen LogP contribution >= 0.6 is 0 Å². The Morgan fingerprint density at radius 1 is 0.857 bits per heavy atom. The van der Waals surface area contributed by atoms with Crippen molar-refractivity contribution in [3.63, 3.8) is 0 Å². The third-order valence-corrected chi connectivity index (χ3v) is 5.83. The van der Waals surface area contributed by atoms with Gasteiger partial charge in [-0.25, -0.2) is 0 Å². The fourth-order valence-corrected chi connectivity index (χ4v) is 3.36. The number of nitrogens with zero attached hydrogens (tertiary/aromatic N) is 2. The Hall–Kier alpha value is -2.17. The minimum absolute atomic E-state index is 0.0808. The molecule has 28 heavy (non-hydrogen) atoms. The average molecular weight is 380 g/mol. The molecule has 2 aromatic rings. The molecule has 2 aromatic carbocycles. The summed E-state index contributed by atoms with van der Waals surface area (Å²) in [6.07, 6.45) is 0.827. The maximum Gasteiger partial charge on any atom is 0.230 e. The van der Waals surface area contributed by atoms with Crippen LogP contribution < -0.4 is 5.32 Å². The minimum Gasteiger partial charge on any atom is -0.326 e. The largest absolute Gasteiger partial charge is 0.326 e. The molecule has 1 N–H and O–H groups in total. The van der Waals surface area contributed by atoms with E-state index in [2.05, 4.69) is 57.6 Å². The molecular formula is C24H33N3O. The van der Waals surface area contributed by atoms with Crippen LogP contribution in [0, 0.1) is 5.41 Å². The Morgan fingerprint density at radius 3 is 1.86 bits per heavy atom. The predicted molar refractivity (Wildman–Crippen MR) is 116 cm³/mol. The van der Waals surface area contributed by atoms with Gasteiger partial charge in [-0.15, -0.1) is 0 Å². The van der Waals surface area contributed by atoms with E-state index in [0.29, 0.717) is 0 Å². The smallest absolute Gasteiger partial charge is 0.230 e. The molecule has 1 fully saturated rings. The number of nitrogens with one attached hydrogen (secondary N) is 1. The average Bonchev–Trinajstić information content (AvgIpc) is 2.71. The minimum atomic E-state index is -0.335. The molecular weight excluding hydrogens is 346 g/mol. The first kappa shape index (κ1) is 20.6. The molecule has 0 aromatic heterocycles. The van der Waals surface area contributed by atoms with Gasteiger partial charge in [0, 0.05) is 50.4 Å². The maximum absolute atomic E-state index is 12.3. The lowest BCUT2D eigenvalue weighted by Crippen LogP contribution is -2.45. The number of benzene rings is 2. The molecule has 4 heteroatoms. The van der Waals surface area contributed by atoms with Crippen LogP contribution in [0.3, 0.4) is 0 Å². The van der Waals surface area contributed by atoms with Crippen molar-refractivity contribution in [1.82, 2.24) is 9.80 Å². The lowest BCUT2D eigenvalue weighted by Gasteiger charge is -2.34. The van der Waals surface area contributed by atoms with Gasteiger partial charge in [0.15, 0.2) is 0 Å². The van der Waals surface area contributed by atoms with Gasteiger partial charge < -0.3 is 5.32 Å². The fourth-order valence-electron chi connectivity index (χ4n) is 3.36. The van der Waals surface area contributed by atoms with Crippen LogP contribution in [0.25, 0.3) is 0 Å². The van der Waals surface area contributed by atoms with Gasteiger partial charge in [-0.05, 0) is 29.7 Å². The second kappa shape index (κ2) is 9.35. The van der Waals surface area contributed by atoms with E-state index in [4.69, 9.17) is 0 Å². The van der Waals surface area contributed by atoms with Gasteiger partial charge in [-0.2, -0.15) is 0 Å². The Balaban J connectivity index is 1.46. The number of carbonyl (C=O) groups is 1. The molecule has 0 atom stereocenters. The molecule has 150 valence electrons. The van der Waals surface area contributed by atoms with Gasteiger partial charge in [0.25, 0.3) is 0 Å². The Kier molecular flexibility index (Phi) is 6.87. The molecule has 1 heterocycles. The maximum atomic E-state index is 12.3. The summed E-state index contributed by atoms with van der Waals surface area (Å²) in [6, 6.07) is 19.0. The van der Waals surface area contributed by atoms with Crippen LogP contribution in [0.5, 0.6) is 0 Å². The highest BCUT2D eigenvalue weighted by molar-refractivity contribution is 5.94. The van der Waals surface area contributed by atoms with Crippen LogP contribution in [0.1, 0.15) is 38.3 Å². The van der Waals surface area contributed by atoms with Crippen molar-refractivity contribution in [2.75, 3.05) is 31.5 Å². The van der Waals surface area contributed by atoms with E-state index in [1.54, 1.807) is 0 Å². The van der Waals surface area contributed by atoms with Gasteiger partial charge in [0.1, 0.15) is 0 Å². The second-order valence-corrected chi connectivity index (χ2v) is 8.43. The third-order valence-electron chi connectivity index (χ3n) is 5.83. The van der Waals surface area contributed by atoms with Crippen molar-refractivity contribution in [3.8, 4) is 0 Å². The normalized spacial score (nSPS) is 16.1. The summed E-state index contributed by atoms with van der Waals surface area (Å²) in [7, 11) is 0. The number of rotatable bonds is 7. The number of amides is 1. The van der Waals surface area contributed by atoms with Crippen molar-refractivity contribution in [2.45, 2.75) is 40.3 Å². The van der Waals surface area contributed by atoms with E-state index in [1.165, 1.54) is 11.1 Å². The van der Waals surface area contributed by atoms with Gasteiger partial charge in [0.2, 0.25) is 5.91 Å². The second-order valence-electron chi connectivity index (χ2n) is 8.43. The van der Waals surface area contributed by atoms with E-state index in [-0.39, 0.29) is 11.3 Å². The number of piperazine rings is 1. The van der Waals surface area contributed by atoms with E-state index < -0.39 is 0 Å². The van der Waals surface area contributed by atoms with Crippen molar-refractivity contribution >= 4 is 11.6 Å². The highest BCUT2D eigenvalue weighted by atomic mass is 16.2. The number of carbonyl (C=O) groups excluding carboxylic acids is 1.